The Kier molecular flexibility index (Phi) is 37.2. The van der Waals surface area contributed by atoms with Crippen LogP contribution in [0.4, 0.5) is 0 Å². The zero-order chi connectivity index (χ0) is 32.0. The van der Waals surface area contributed by atoms with Crippen LogP contribution in [0.1, 0.15) is 238 Å². The first kappa shape index (κ1) is 42.9. The van der Waals surface area contributed by atoms with Gasteiger partial charge in [-0.15, -0.1) is 0 Å². The summed E-state index contributed by atoms with van der Waals surface area (Å²) < 4.78 is 5.42. The molecule has 0 radical (unpaired) electrons. The average molecular weight is 623 g/mol. The largest absolute Gasteiger partial charge is 0.481 e. The van der Waals surface area contributed by atoms with Gasteiger partial charge in [0.25, 0.3) is 0 Å². The van der Waals surface area contributed by atoms with Crippen LogP contribution in [0.2, 0.25) is 0 Å². The maximum absolute atomic E-state index is 11.9. The van der Waals surface area contributed by atoms with Crippen molar-refractivity contribution in [3.05, 3.63) is 0 Å². The van der Waals surface area contributed by atoms with Gasteiger partial charge < -0.3 is 9.84 Å². The Morgan fingerprint density at radius 1 is 0.364 bits per heavy atom. The van der Waals surface area contributed by atoms with Crippen LogP contribution in [-0.2, 0) is 14.3 Å². The summed E-state index contributed by atoms with van der Waals surface area (Å²) in [7, 11) is 0. The summed E-state index contributed by atoms with van der Waals surface area (Å²) in [6.07, 6.45) is 45.7. The van der Waals surface area contributed by atoms with Crippen LogP contribution in [0, 0.1) is 0 Å². The molecule has 4 heteroatoms. The van der Waals surface area contributed by atoms with Crippen molar-refractivity contribution in [2.75, 3.05) is 6.61 Å². The molecule has 262 valence electrons. The van der Waals surface area contributed by atoms with Crippen LogP contribution < -0.4 is 0 Å². The van der Waals surface area contributed by atoms with Gasteiger partial charge in [-0.05, 0) is 19.3 Å². The summed E-state index contributed by atoms with van der Waals surface area (Å²) in [4.78, 5) is 22.4. The summed E-state index contributed by atoms with van der Waals surface area (Å²) in [6, 6.07) is 0. The summed E-state index contributed by atoms with van der Waals surface area (Å²) in [6.45, 7) is 2.89. The Labute approximate surface area is 275 Å². The van der Waals surface area contributed by atoms with Gasteiger partial charge in [-0.1, -0.05) is 206 Å². The quantitative estimate of drug-likeness (QED) is 0.0549. The molecule has 0 spiro atoms. The highest BCUT2D eigenvalue weighted by Crippen LogP contribution is 2.16. The fourth-order valence-electron chi connectivity index (χ4n) is 6.28. The second-order valence-corrected chi connectivity index (χ2v) is 13.8. The maximum Gasteiger partial charge on any atom is 0.305 e. The molecule has 0 amide bonds. The van der Waals surface area contributed by atoms with Gasteiger partial charge in [-0.25, -0.2) is 0 Å². The zero-order valence-corrected chi connectivity index (χ0v) is 29.8. The molecule has 0 saturated heterocycles. The van der Waals surface area contributed by atoms with E-state index in [1.807, 2.05) is 0 Å². The Morgan fingerprint density at radius 2 is 0.614 bits per heavy atom. The van der Waals surface area contributed by atoms with E-state index in [4.69, 9.17) is 9.84 Å². The molecule has 0 rings (SSSR count). The van der Waals surface area contributed by atoms with Gasteiger partial charge in [0.1, 0.15) is 0 Å². The molecule has 0 aromatic rings. The molecule has 0 aliphatic rings. The van der Waals surface area contributed by atoms with Crippen LogP contribution in [0.25, 0.3) is 0 Å². The number of ether oxygens (including phenoxy) is 1. The van der Waals surface area contributed by atoms with E-state index in [9.17, 15) is 9.59 Å². The molecule has 4 nitrogen and oxygen atoms in total. The Morgan fingerprint density at radius 3 is 0.909 bits per heavy atom. The number of carboxylic acid groups (broad SMARTS) is 1. The minimum absolute atomic E-state index is 0.0158. The molecule has 0 saturated carbocycles. The molecule has 1 N–H and O–H groups in total. The van der Waals surface area contributed by atoms with E-state index in [-0.39, 0.29) is 5.97 Å². The molecule has 0 fully saturated rings. The fraction of sp³-hybridized carbons (Fsp3) is 0.950. The van der Waals surface area contributed by atoms with Crippen LogP contribution in [0.5, 0.6) is 0 Å². The van der Waals surface area contributed by atoms with Gasteiger partial charge in [-0.3, -0.25) is 9.59 Å². The molecule has 0 aromatic carbocycles. The standard InChI is InChI=1S/C40H78O4/c1-2-3-4-5-6-24-28-31-34-37-40(43)44-38-35-32-29-26-23-21-19-17-15-13-11-9-7-8-10-12-14-16-18-20-22-25-27-30-33-36-39(41)42/h2-38H2,1H3,(H,41,42). The lowest BCUT2D eigenvalue weighted by molar-refractivity contribution is -0.144. The van der Waals surface area contributed by atoms with Gasteiger partial charge in [0.05, 0.1) is 6.61 Å². The van der Waals surface area contributed by atoms with Gasteiger partial charge in [-0.2, -0.15) is 0 Å². The third kappa shape index (κ3) is 39.0. The zero-order valence-electron chi connectivity index (χ0n) is 29.8. The molecule has 0 aliphatic carbocycles. The van der Waals surface area contributed by atoms with Crippen molar-refractivity contribution in [1.82, 2.24) is 0 Å². The summed E-state index contributed by atoms with van der Waals surface area (Å²) in [5.41, 5.74) is 0. The van der Waals surface area contributed by atoms with E-state index < -0.39 is 5.97 Å². The van der Waals surface area contributed by atoms with Crippen molar-refractivity contribution in [3.8, 4) is 0 Å². The maximum atomic E-state index is 11.9. The summed E-state index contributed by atoms with van der Waals surface area (Å²) in [5.74, 6) is -0.639. The van der Waals surface area contributed by atoms with Crippen LogP contribution >= 0.6 is 0 Å². The normalized spacial score (nSPS) is 11.3. The van der Waals surface area contributed by atoms with Gasteiger partial charge in [0.15, 0.2) is 0 Å². The topological polar surface area (TPSA) is 63.6 Å². The van der Waals surface area contributed by atoms with Crippen LogP contribution in [0.3, 0.4) is 0 Å². The number of aliphatic carboxylic acids is 1. The number of unbranched alkanes of at least 4 members (excludes halogenated alkanes) is 32. The number of hydrogen-bond acceptors (Lipinski definition) is 3. The van der Waals surface area contributed by atoms with Crippen molar-refractivity contribution in [2.45, 2.75) is 238 Å². The first-order valence-electron chi connectivity index (χ1n) is 20.0. The lowest BCUT2D eigenvalue weighted by Gasteiger charge is -2.06. The first-order valence-corrected chi connectivity index (χ1v) is 20.0. The van der Waals surface area contributed by atoms with Gasteiger partial charge >= 0.3 is 11.9 Å². The number of carbonyl (C=O) groups is 2. The summed E-state index contributed by atoms with van der Waals surface area (Å²) >= 11 is 0. The van der Waals surface area contributed by atoms with Gasteiger partial charge in [0.2, 0.25) is 0 Å². The number of rotatable bonds is 38. The van der Waals surface area contributed by atoms with E-state index in [0.29, 0.717) is 19.4 Å². The molecular formula is C40H78O4. The van der Waals surface area contributed by atoms with E-state index in [0.717, 1.165) is 25.7 Å². The molecule has 0 heterocycles. The van der Waals surface area contributed by atoms with Crippen LogP contribution in [-0.4, -0.2) is 23.7 Å². The highest BCUT2D eigenvalue weighted by atomic mass is 16.5. The van der Waals surface area contributed by atoms with Crippen LogP contribution in [0.15, 0.2) is 0 Å². The number of carbonyl (C=O) groups excluding carboxylic acids is 1. The number of hydrogen-bond donors (Lipinski definition) is 1. The Hall–Kier alpha value is -1.06. The van der Waals surface area contributed by atoms with Crippen molar-refractivity contribution < 1.29 is 19.4 Å². The van der Waals surface area contributed by atoms with Crippen molar-refractivity contribution >= 4 is 11.9 Å². The van der Waals surface area contributed by atoms with E-state index in [2.05, 4.69) is 6.92 Å². The predicted molar refractivity (Wildman–Crippen MR) is 190 cm³/mol. The average Bonchev–Trinajstić information content (AvgIpc) is 3.01. The van der Waals surface area contributed by atoms with E-state index >= 15 is 0 Å². The molecule has 0 bridgehead atoms. The molecule has 0 aromatic heterocycles. The number of esters is 1. The monoisotopic (exact) mass is 623 g/mol. The second-order valence-electron chi connectivity index (χ2n) is 13.8. The predicted octanol–water partition coefficient (Wildman–Crippen LogP) is 13.7. The molecular weight excluding hydrogens is 544 g/mol. The molecule has 0 atom stereocenters. The number of carboxylic acids is 1. The van der Waals surface area contributed by atoms with Crippen molar-refractivity contribution in [3.63, 3.8) is 0 Å². The Bertz CT molecular complexity index is 576. The van der Waals surface area contributed by atoms with Gasteiger partial charge in [0, 0.05) is 12.8 Å². The van der Waals surface area contributed by atoms with E-state index in [1.54, 1.807) is 0 Å². The van der Waals surface area contributed by atoms with Crippen molar-refractivity contribution in [2.24, 2.45) is 0 Å². The Balaban J connectivity index is 3.12. The lowest BCUT2D eigenvalue weighted by Crippen LogP contribution is -2.05. The third-order valence-corrected chi connectivity index (χ3v) is 9.28. The lowest BCUT2D eigenvalue weighted by atomic mass is 10.0. The second kappa shape index (κ2) is 38.1. The smallest absolute Gasteiger partial charge is 0.305 e. The highest BCUT2D eigenvalue weighted by molar-refractivity contribution is 5.69. The highest BCUT2D eigenvalue weighted by Gasteiger charge is 2.03. The minimum atomic E-state index is -0.655. The summed E-state index contributed by atoms with van der Waals surface area (Å²) in [5, 5.41) is 8.64. The third-order valence-electron chi connectivity index (χ3n) is 9.28. The SMILES string of the molecule is CCCCCCCCCCCC(=O)OCCCCCCCCCCCCCCCCCCCCCCCCCCCC(=O)O. The first-order chi connectivity index (χ1) is 21.7. The van der Waals surface area contributed by atoms with E-state index in [1.165, 1.54) is 193 Å². The molecule has 44 heavy (non-hydrogen) atoms. The molecule has 0 unspecified atom stereocenters. The van der Waals surface area contributed by atoms with Crippen molar-refractivity contribution in [1.29, 1.82) is 0 Å². The fourth-order valence-corrected chi connectivity index (χ4v) is 6.28. The minimum Gasteiger partial charge on any atom is -0.481 e. The molecule has 0 aliphatic heterocycles.